The predicted octanol–water partition coefficient (Wildman–Crippen LogP) is 2.69. The molecule has 0 aliphatic heterocycles. The van der Waals surface area contributed by atoms with Gasteiger partial charge in [-0.1, -0.05) is 0 Å². The number of nitrogens with zero attached hydrogens (tertiary/aromatic N) is 1. The molecule has 0 atom stereocenters. The maximum atomic E-state index is 5.54. The molecule has 0 saturated heterocycles. The van der Waals surface area contributed by atoms with E-state index in [1.165, 1.54) is 0 Å². The first kappa shape index (κ1) is 11.3. The van der Waals surface area contributed by atoms with E-state index in [1.807, 2.05) is 0 Å². The number of hydrogen-bond acceptors (Lipinski definition) is 4. The fourth-order valence-electron chi connectivity index (χ4n) is 1.37. The maximum absolute atomic E-state index is 5.54. The zero-order valence-electron chi connectivity index (χ0n) is 9.64. The third kappa shape index (κ3) is 2.66. The third-order valence-corrected chi connectivity index (χ3v) is 2.16. The van der Waals surface area contributed by atoms with E-state index in [-0.39, 0.29) is 0 Å². The zero-order valence-corrected chi connectivity index (χ0v) is 9.64. The smallest absolute Gasteiger partial charge is 0.219 e. The second-order valence-electron chi connectivity index (χ2n) is 3.21. The quantitative estimate of drug-likeness (QED) is 0.809. The Hall–Kier alpha value is -2.23. The van der Waals surface area contributed by atoms with Crippen LogP contribution in [0, 0.1) is 6.07 Å². The van der Waals surface area contributed by atoms with Gasteiger partial charge in [0.2, 0.25) is 5.88 Å². The number of aromatic nitrogens is 1. The van der Waals surface area contributed by atoms with Crippen molar-refractivity contribution in [2.45, 2.75) is 0 Å². The molecule has 1 radical (unpaired) electrons. The van der Waals surface area contributed by atoms with Gasteiger partial charge >= 0.3 is 0 Å². The van der Waals surface area contributed by atoms with Crippen molar-refractivity contribution >= 4 is 0 Å². The molecule has 0 aliphatic rings. The van der Waals surface area contributed by atoms with E-state index < -0.39 is 0 Å². The Balaban J connectivity index is 2.22. The molecule has 17 heavy (non-hydrogen) atoms. The lowest BCUT2D eigenvalue weighted by Gasteiger charge is -2.09. The van der Waals surface area contributed by atoms with Crippen LogP contribution in [0.15, 0.2) is 36.5 Å². The van der Waals surface area contributed by atoms with Gasteiger partial charge in [0.25, 0.3) is 0 Å². The third-order valence-electron chi connectivity index (χ3n) is 2.16. The first-order chi connectivity index (χ1) is 8.33. The fraction of sp³-hybridized carbons (Fsp3) is 0.154. The summed E-state index contributed by atoms with van der Waals surface area (Å²) in [6, 6.07) is 11.6. The molecule has 1 aromatic carbocycles. The van der Waals surface area contributed by atoms with Crippen molar-refractivity contribution < 1.29 is 14.2 Å². The van der Waals surface area contributed by atoms with Crippen molar-refractivity contribution in [1.82, 2.24) is 4.98 Å². The average Bonchev–Trinajstić information content (AvgIpc) is 2.40. The summed E-state index contributed by atoms with van der Waals surface area (Å²) in [6.45, 7) is 0. The van der Waals surface area contributed by atoms with Crippen LogP contribution >= 0.6 is 0 Å². The first-order valence-corrected chi connectivity index (χ1v) is 5.05. The standard InChI is InChI=1S/C13H12NO3/c1-15-11-7-6-10(9-12(11)16-2)17-13-5-3-4-8-14-13/h4-9H,1-2H3. The van der Waals surface area contributed by atoms with Crippen molar-refractivity contribution in [3.8, 4) is 23.1 Å². The number of pyridine rings is 1. The molecule has 2 rings (SSSR count). The monoisotopic (exact) mass is 230 g/mol. The fourth-order valence-corrected chi connectivity index (χ4v) is 1.37. The van der Waals surface area contributed by atoms with E-state index in [4.69, 9.17) is 14.2 Å². The first-order valence-electron chi connectivity index (χ1n) is 5.05. The molecule has 0 saturated carbocycles. The van der Waals surface area contributed by atoms with Crippen molar-refractivity contribution in [3.05, 3.63) is 42.6 Å². The van der Waals surface area contributed by atoms with Crippen LogP contribution in [0.4, 0.5) is 0 Å². The van der Waals surface area contributed by atoms with E-state index in [2.05, 4.69) is 11.1 Å². The Labute approximate surface area is 99.8 Å². The lowest BCUT2D eigenvalue weighted by atomic mass is 10.3. The molecule has 0 N–H and O–H groups in total. The molecule has 0 spiro atoms. The Kier molecular flexibility index (Phi) is 3.45. The summed E-state index contributed by atoms with van der Waals surface area (Å²) in [5, 5.41) is 0. The summed E-state index contributed by atoms with van der Waals surface area (Å²) < 4.78 is 15.9. The zero-order chi connectivity index (χ0) is 12.1. The topological polar surface area (TPSA) is 40.6 Å². The lowest BCUT2D eigenvalue weighted by molar-refractivity contribution is 0.351. The van der Waals surface area contributed by atoms with Crippen molar-refractivity contribution in [2.24, 2.45) is 0 Å². The summed E-state index contributed by atoms with van der Waals surface area (Å²) in [6.07, 6.45) is 1.62. The highest BCUT2D eigenvalue weighted by Crippen LogP contribution is 2.32. The molecule has 0 unspecified atom stereocenters. The van der Waals surface area contributed by atoms with Crippen molar-refractivity contribution in [1.29, 1.82) is 0 Å². The Bertz CT molecular complexity index is 485. The number of ether oxygens (including phenoxy) is 3. The average molecular weight is 230 g/mol. The largest absolute Gasteiger partial charge is 0.493 e. The van der Waals surface area contributed by atoms with Gasteiger partial charge in [0.15, 0.2) is 11.5 Å². The molecular weight excluding hydrogens is 218 g/mol. The van der Waals surface area contributed by atoms with Gasteiger partial charge in [-0.3, -0.25) is 0 Å². The van der Waals surface area contributed by atoms with Crippen molar-refractivity contribution in [3.63, 3.8) is 0 Å². The minimum absolute atomic E-state index is 0.486. The number of benzene rings is 1. The number of rotatable bonds is 4. The summed E-state index contributed by atoms with van der Waals surface area (Å²) in [5.41, 5.74) is 0. The number of hydrogen-bond donors (Lipinski definition) is 0. The minimum atomic E-state index is 0.486. The summed E-state index contributed by atoms with van der Waals surface area (Å²) in [7, 11) is 3.17. The molecule has 4 nitrogen and oxygen atoms in total. The highest BCUT2D eigenvalue weighted by atomic mass is 16.5. The Morgan fingerprint density at radius 1 is 1.12 bits per heavy atom. The summed E-state index contributed by atoms with van der Waals surface area (Å²) in [4.78, 5) is 4.05. The van der Waals surface area contributed by atoms with Gasteiger partial charge in [0.05, 0.1) is 14.2 Å². The summed E-state index contributed by atoms with van der Waals surface area (Å²) >= 11 is 0. The second-order valence-corrected chi connectivity index (χ2v) is 3.21. The molecule has 87 valence electrons. The van der Waals surface area contributed by atoms with E-state index in [9.17, 15) is 0 Å². The van der Waals surface area contributed by atoms with E-state index in [0.717, 1.165) is 0 Å². The van der Waals surface area contributed by atoms with Crippen LogP contribution in [0.25, 0.3) is 0 Å². The normalized spacial score (nSPS) is 9.76. The van der Waals surface area contributed by atoms with Crippen LogP contribution in [0.3, 0.4) is 0 Å². The molecule has 0 amide bonds. The SMILES string of the molecule is COc1ccc(Oc2c[c]ccn2)cc1OC. The number of methoxy groups -OCH3 is 2. The molecule has 0 bridgehead atoms. The van der Waals surface area contributed by atoms with Crippen molar-refractivity contribution in [2.75, 3.05) is 14.2 Å². The van der Waals surface area contributed by atoms with Crippen LogP contribution < -0.4 is 14.2 Å². The molecule has 0 aliphatic carbocycles. The van der Waals surface area contributed by atoms with Gasteiger partial charge in [0.1, 0.15) is 5.75 Å². The maximum Gasteiger partial charge on any atom is 0.219 e. The highest BCUT2D eigenvalue weighted by molar-refractivity contribution is 5.46. The van der Waals surface area contributed by atoms with Gasteiger partial charge < -0.3 is 14.2 Å². The molecule has 1 aromatic heterocycles. The minimum Gasteiger partial charge on any atom is -0.493 e. The molecule has 2 aromatic rings. The van der Waals surface area contributed by atoms with E-state index in [0.29, 0.717) is 23.1 Å². The lowest BCUT2D eigenvalue weighted by Crippen LogP contribution is -1.92. The van der Waals surface area contributed by atoms with Crippen LogP contribution in [-0.2, 0) is 0 Å². The Morgan fingerprint density at radius 2 is 1.94 bits per heavy atom. The molecule has 0 fully saturated rings. The molecule has 1 heterocycles. The van der Waals surface area contributed by atoms with Gasteiger partial charge in [-0.2, -0.15) is 0 Å². The van der Waals surface area contributed by atoms with Gasteiger partial charge in [-0.05, 0) is 24.3 Å². The second kappa shape index (κ2) is 5.21. The van der Waals surface area contributed by atoms with Crippen LogP contribution in [0.2, 0.25) is 0 Å². The van der Waals surface area contributed by atoms with Crippen LogP contribution in [0.5, 0.6) is 23.1 Å². The van der Waals surface area contributed by atoms with Crippen LogP contribution in [-0.4, -0.2) is 19.2 Å². The highest BCUT2D eigenvalue weighted by Gasteiger charge is 2.06. The summed E-state index contributed by atoms with van der Waals surface area (Å²) in [5.74, 6) is 2.40. The van der Waals surface area contributed by atoms with E-state index >= 15 is 0 Å². The predicted molar refractivity (Wildman–Crippen MR) is 62.7 cm³/mol. The van der Waals surface area contributed by atoms with Gasteiger partial charge in [-0.25, -0.2) is 4.98 Å². The van der Waals surface area contributed by atoms with Gasteiger partial charge in [0, 0.05) is 18.3 Å². The Morgan fingerprint density at radius 3 is 2.59 bits per heavy atom. The van der Waals surface area contributed by atoms with Crippen LogP contribution in [0.1, 0.15) is 0 Å². The van der Waals surface area contributed by atoms with Gasteiger partial charge in [-0.15, -0.1) is 0 Å². The molecular formula is C13H12NO3. The molecule has 4 heteroatoms. The van der Waals surface area contributed by atoms with E-state index in [1.54, 1.807) is 50.7 Å².